The summed E-state index contributed by atoms with van der Waals surface area (Å²) in [6.07, 6.45) is 0. The van der Waals surface area contributed by atoms with Crippen molar-refractivity contribution in [2.45, 2.75) is 0 Å². The van der Waals surface area contributed by atoms with Crippen molar-refractivity contribution in [1.29, 1.82) is 0 Å². The molecule has 0 amide bonds. The van der Waals surface area contributed by atoms with Gasteiger partial charge in [0.15, 0.2) is 5.76 Å². The van der Waals surface area contributed by atoms with Crippen molar-refractivity contribution in [3.63, 3.8) is 0 Å². The number of hydrazone groups is 1. The minimum Gasteiger partial charge on any atom is -0.492 e. The van der Waals surface area contributed by atoms with Crippen molar-refractivity contribution < 1.29 is 14.0 Å². The Balaban J connectivity index is 1.52. The Bertz CT molecular complexity index is 979. The summed E-state index contributed by atoms with van der Waals surface area (Å²) in [6.45, 7) is 4.97. The number of fused-ring (bicyclic) bond motifs is 1. The third-order valence-electron chi connectivity index (χ3n) is 4.79. The van der Waals surface area contributed by atoms with Gasteiger partial charge in [-0.05, 0) is 30.3 Å². The van der Waals surface area contributed by atoms with Gasteiger partial charge in [-0.2, -0.15) is 5.10 Å². The van der Waals surface area contributed by atoms with E-state index in [4.69, 9.17) is 25.6 Å². The molecule has 1 fully saturated rings. The highest BCUT2D eigenvalue weighted by Crippen LogP contribution is 2.31. The van der Waals surface area contributed by atoms with E-state index in [1.807, 2.05) is 42.5 Å². The van der Waals surface area contributed by atoms with Gasteiger partial charge in [-0.1, -0.05) is 17.3 Å². The largest absolute Gasteiger partial charge is 0.492 e. The van der Waals surface area contributed by atoms with Crippen molar-refractivity contribution >= 4 is 16.7 Å². The molecule has 0 spiro atoms. The molecule has 1 aliphatic rings. The van der Waals surface area contributed by atoms with E-state index in [0.29, 0.717) is 12.4 Å². The lowest BCUT2D eigenvalue weighted by Crippen LogP contribution is -2.38. The van der Waals surface area contributed by atoms with E-state index in [2.05, 4.69) is 15.2 Å². The van der Waals surface area contributed by atoms with Crippen LogP contribution in [0.1, 0.15) is 5.56 Å². The van der Waals surface area contributed by atoms with Crippen molar-refractivity contribution in [3.05, 3.63) is 48.0 Å². The van der Waals surface area contributed by atoms with E-state index in [1.54, 1.807) is 0 Å². The van der Waals surface area contributed by atoms with Crippen LogP contribution in [0.2, 0.25) is 0 Å². The van der Waals surface area contributed by atoms with E-state index in [9.17, 15) is 0 Å². The second kappa shape index (κ2) is 8.28. The smallest absolute Gasteiger partial charge is 0.174 e. The minimum atomic E-state index is 0.259. The molecule has 3 aromatic rings. The number of hydrogen-bond acceptors (Lipinski definition) is 7. The number of amidine groups is 1. The zero-order valence-electron chi connectivity index (χ0n) is 15.5. The molecule has 1 aromatic heterocycles. The molecule has 0 bridgehead atoms. The number of benzene rings is 2. The second-order valence-electron chi connectivity index (χ2n) is 6.59. The number of nitrogens with two attached hydrogens (primary N) is 2. The lowest BCUT2D eigenvalue weighted by atomic mass is 10.1. The Morgan fingerprint density at radius 2 is 2.04 bits per heavy atom. The van der Waals surface area contributed by atoms with Crippen LogP contribution < -0.4 is 16.3 Å². The Kier molecular flexibility index (Phi) is 5.41. The van der Waals surface area contributed by atoms with Gasteiger partial charge in [-0.3, -0.25) is 4.90 Å². The highest BCUT2D eigenvalue weighted by Gasteiger charge is 2.14. The minimum absolute atomic E-state index is 0.259. The SMILES string of the molecule is N/N=C(\N)c1ccc2noc(-c3cccc(OCCN4CCOCC4)c3)c2c1. The van der Waals surface area contributed by atoms with Crippen molar-refractivity contribution in [2.24, 2.45) is 16.7 Å². The first-order chi connectivity index (χ1) is 13.7. The van der Waals surface area contributed by atoms with Crippen molar-refractivity contribution in [2.75, 3.05) is 39.5 Å². The number of morpholine rings is 1. The summed E-state index contributed by atoms with van der Waals surface area (Å²) >= 11 is 0. The third kappa shape index (κ3) is 3.92. The molecule has 1 aliphatic heterocycles. The van der Waals surface area contributed by atoms with Gasteiger partial charge in [0.05, 0.1) is 18.6 Å². The molecule has 2 heterocycles. The molecule has 0 radical (unpaired) electrons. The average Bonchev–Trinajstić information content (AvgIpc) is 3.17. The molecule has 146 valence electrons. The van der Waals surface area contributed by atoms with Gasteiger partial charge in [0.2, 0.25) is 0 Å². The molecule has 4 rings (SSSR count). The summed E-state index contributed by atoms with van der Waals surface area (Å²) < 4.78 is 16.9. The quantitative estimate of drug-likeness (QED) is 0.290. The molecule has 8 nitrogen and oxygen atoms in total. The van der Waals surface area contributed by atoms with E-state index in [1.165, 1.54) is 0 Å². The van der Waals surface area contributed by atoms with Crippen LogP contribution in [0.15, 0.2) is 52.1 Å². The fraction of sp³-hybridized carbons (Fsp3) is 0.300. The normalized spacial score (nSPS) is 15.8. The summed E-state index contributed by atoms with van der Waals surface area (Å²) in [6, 6.07) is 13.3. The molecular formula is C20H23N5O3. The number of rotatable bonds is 6. The van der Waals surface area contributed by atoms with Crippen LogP contribution in [0.3, 0.4) is 0 Å². The Morgan fingerprint density at radius 1 is 1.18 bits per heavy atom. The van der Waals surface area contributed by atoms with Gasteiger partial charge < -0.3 is 25.6 Å². The maximum Gasteiger partial charge on any atom is 0.174 e. The molecule has 2 aromatic carbocycles. The first kappa shape index (κ1) is 18.3. The Labute approximate surface area is 162 Å². The fourth-order valence-corrected chi connectivity index (χ4v) is 3.23. The maximum atomic E-state index is 5.94. The van der Waals surface area contributed by atoms with Crippen molar-refractivity contribution in [3.8, 4) is 17.1 Å². The number of nitrogens with zero attached hydrogens (tertiary/aromatic N) is 3. The van der Waals surface area contributed by atoms with E-state index < -0.39 is 0 Å². The topological polar surface area (TPSA) is 112 Å². The summed E-state index contributed by atoms with van der Waals surface area (Å²) in [7, 11) is 0. The lowest BCUT2D eigenvalue weighted by molar-refractivity contribution is 0.0322. The van der Waals surface area contributed by atoms with Crippen LogP contribution in [-0.2, 0) is 4.74 Å². The molecule has 8 heteroatoms. The summed E-state index contributed by atoms with van der Waals surface area (Å²) in [5.41, 5.74) is 8.16. The van der Waals surface area contributed by atoms with Crippen LogP contribution >= 0.6 is 0 Å². The number of aromatic nitrogens is 1. The highest BCUT2D eigenvalue weighted by atomic mass is 16.5. The van der Waals surface area contributed by atoms with Gasteiger partial charge in [-0.15, -0.1) is 0 Å². The molecule has 4 N–H and O–H groups in total. The fourth-order valence-electron chi connectivity index (χ4n) is 3.23. The molecule has 0 unspecified atom stereocenters. The Hall–Kier alpha value is -3.10. The van der Waals surface area contributed by atoms with Crippen LogP contribution in [0.25, 0.3) is 22.2 Å². The predicted octanol–water partition coefficient (Wildman–Crippen LogP) is 1.78. The standard InChI is InChI=1S/C20H23N5O3/c21-20(23-22)15-4-5-18-17(13-15)19(28-24-18)14-2-1-3-16(12-14)27-11-8-25-6-9-26-10-7-25/h1-5,12-13H,6-11,22H2,(H2,21,23). The van der Waals surface area contributed by atoms with Gasteiger partial charge in [-0.25, -0.2) is 0 Å². The molecule has 0 atom stereocenters. The molecule has 0 saturated carbocycles. The van der Waals surface area contributed by atoms with Gasteiger partial charge in [0.25, 0.3) is 0 Å². The summed E-state index contributed by atoms with van der Waals surface area (Å²) in [5.74, 6) is 6.99. The molecule has 0 aliphatic carbocycles. The molecular weight excluding hydrogens is 358 g/mol. The van der Waals surface area contributed by atoms with Crippen molar-refractivity contribution in [1.82, 2.24) is 10.1 Å². The summed E-state index contributed by atoms with van der Waals surface area (Å²) in [4.78, 5) is 2.34. The number of hydrogen-bond donors (Lipinski definition) is 2. The lowest BCUT2D eigenvalue weighted by Gasteiger charge is -2.26. The second-order valence-corrected chi connectivity index (χ2v) is 6.59. The molecule has 28 heavy (non-hydrogen) atoms. The molecule has 1 saturated heterocycles. The first-order valence-corrected chi connectivity index (χ1v) is 9.21. The monoisotopic (exact) mass is 381 g/mol. The van der Waals surface area contributed by atoms with E-state index in [0.717, 1.165) is 60.6 Å². The third-order valence-corrected chi connectivity index (χ3v) is 4.79. The van der Waals surface area contributed by atoms with E-state index in [-0.39, 0.29) is 5.84 Å². The van der Waals surface area contributed by atoms with E-state index >= 15 is 0 Å². The Morgan fingerprint density at radius 3 is 2.86 bits per heavy atom. The summed E-state index contributed by atoms with van der Waals surface area (Å²) in [5, 5.41) is 8.52. The average molecular weight is 381 g/mol. The predicted molar refractivity (Wildman–Crippen MR) is 107 cm³/mol. The van der Waals surface area contributed by atoms with Gasteiger partial charge in [0.1, 0.15) is 23.7 Å². The van der Waals surface area contributed by atoms with Crippen LogP contribution in [0, 0.1) is 0 Å². The maximum absolute atomic E-state index is 5.94. The zero-order chi connectivity index (χ0) is 19.3. The van der Waals surface area contributed by atoms with Gasteiger partial charge in [0, 0.05) is 30.8 Å². The highest BCUT2D eigenvalue weighted by molar-refractivity contribution is 6.02. The first-order valence-electron chi connectivity index (χ1n) is 9.21. The van der Waals surface area contributed by atoms with Crippen LogP contribution in [-0.4, -0.2) is 55.3 Å². The number of ether oxygens (including phenoxy) is 2. The van der Waals surface area contributed by atoms with Crippen LogP contribution in [0.5, 0.6) is 5.75 Å². The van der Waals surface area contributed by atoms with Gasteiger partial charge >= 0.3 is 0 Å². The van der Waals surface area contributed by atoms with Crippen LogP contribution in [0.4, 0.5) is 0 Å². The zero-order valence-corrected chi connectivity index (χ0v) is 15.5.